The summed E-state index contributed by atoms with van der Waals surface area (Å²) in [5.74, 6) is 1.79. The summed E-state index contributed by atoms with van der Waals surface area (Å²) in [5.41, 5.74) is 1.16. The van der Waals surface area contributed by atoms with Crippen molar-refractivity contribution in [3.8, 4) is 5.75 Å². The lowest BCUT2D eigenvalue weighted by Gasteiger charge is -2.18. The van der Waals surface area contributed by atoms with Gasteiger partial charge in [0, 0.05) is 32.6 Å². The van der Waals surface area contributed by atoms with Crippen LogP contribution in [0.5, 0.6) is 5.75 Å². The molecular weight excluding hydrogens is 316 g/mol. The second-order valence-electron chi connectivity index (χ2n) is 5.57. The number of benzene rings is 1. The third-order valence-electron chi connectivity index (χ3n) is 3.94. The maximum Gasteiger partial charge on any atom is 0.224 e. The van der Waals surface area contributed by atoms with E-state index in [0.29, 0.717) is 13.0 Å². The normalized spacial score (nSPS) is 11.1. The quantitative estimate of drug-likeness (QED) is 0.502. The molecule has 0 heterocycles. The number of aliphatic imine (C=N–C) groups is 1. The van der Waals surface area contributed by atoms with Crippen molar-refractivity contribution in [3.05, 3.63) is 29.8 Å². The lowest BCUT2D eigenvalue weighted by Crippen LogP contribution is -2.38. The third kappa shape index (κ3) is 7.45. The Bertz CT molecular complexity index is 542. The summed E-state index contributed by atoms with van der Waals surface area (Å²) in [7, 11) is 1.69. The molecule has 2 N–H and O–H groups in total. The van der Waals surface area contributed by atoms with Gasteiger partial charge in [0.15, 0.2) is 5.96 Å². The summed E-state index contributed by atoms with van der Waals surface area (Å²) < 4.78 is 5.37. The Hall–Kier alpha value is -2.24. The molecule has 0 spiro atoms. The molecule has 0 unspecified atom stereocenters. The summed E-state index contributed by atoms with van der Waals surface area (Å²) in [4.78, 5) is 18.3. The van der Waals surface area contributed by atoms with E-state index in [4.69, 9.17) is 4.74 Å². The highest BCUT2D eigenvalue weighted by Crippen LogP contribution is 2.17. The number of hydrogen-bond acceptors (Lipinski definition) is 3. The number of nitrogens with zero attached hydrogens (tertiary/aromatic N) is 2. The van der Waals surface area contributed by atoms with Crippen LogP contribution in [-0.2, 0) is 11.2 Å². The molecule has 0 bridgehead atoms. The summed E-state index contributed by atoms with van der Waals surface area (Å²) in [6.45, 7) is 9.52. The van der Waals surface area contributed by atoms with E-state index in [0.717, 1.165) is 49.9 Å². The molecule has 6 heteroatoms. The van der Waals surface area contributed by atoms with Crippen molar-refractivity contribution in [1.82, 2.24) is 15.5 Å². The minimum absolute atomic E-state index is 0.152. The highest BCUT2D eigenvalue weighted by Gasteiger charge is 2.08. The smallest absolute Gasteiger partial charge is 0.224 e. The van der Waals surface area contributed by atoms with E-state index >= 15 is 0 Å². The number of ether oxygens (including phenoxy) is 1. The molecule has 0 aliphatic carbocycles. The topological polar surface area (TPSA) is 66.0 Å². The average Bonchev–Trinajstić information content (AvgIpc) is 2.63. The molecule has 0 aromatic heterocycles. The zero-order chi connectivity index (χ0) is 18.5. The van der Waals surface area contributed by atoms with Crippen molar-refractivity contribution in [2.75, 3.05) is 39.8 Å². The summed E-state index contributed by atoms with van der Waals surface area (Å²) in [5, 5.41) is 6.52. The van der Waals surface area contributed by atoms with Gasteiger partial charge in [0.25, 0.3) is 0 Å². The Morgan fingerprint density at radius 1 is 1.16 bits per heavy atom. The predicted molar refractivity (Wildman–Crippen MR) is 103 cm³/mol. The van der Waals surface area contributed by atoms with Crippen molar-refractivity contribution < 1.29 is 9.53 Å². The number of para-hydroxylation sites is 1. The lowest BCUT2D eigenvalue weighted by atomic mass is 10.1. The fourth-order valence-electron chi connectivity index (χ4n) is 2.56. The van der Waals surface area contributed by atoms with E-state index in [1.807, 2.05) is 43.9 Å². The first-order valence-corrected chi connectivity index (χ1v) is 9.08. The van der Waals surface area contributed by atoms with Crippen LogP contribution in [0.3, 0.4) is 0 Å². The monoisotopic (exact) mass is 348 g/mol. The van der Waals surface area contributed by atoms with Crippen molar-refractivity contribution in [1.29, 1.82) is 0 Å². The summed E-state index contributed by atoms with van der Waals surface area (Å²) in [6.07, 6.45) is 1.28. The van der Waals surface area contributed by atoms with Crippen LogP contribution in [-0.4, -0.2) is 56.6 Å². The number of methoxy groups -OCH3 is 1. The maximum atomic E-state index is 12.0. The minimum atomic E-state index is 0.152. The first-order valence-electron chi connectivity index (χ1n) is 9.08. The molecule has 25 heavy (non-hydrogen) atoms. The van der Waals surface area contributed by atoms with Crippen molar-refractivity contribution >= 4 is 11.9 Å². The van der Waals surface area contributed by atoms with Crippen LogP contribution in [0.2, 0.25) is 0 Å². The maximum absolute atomic E-state index is 12.0. The summed E-state index contributed by atoms with van der Waals surface area (Å²) in [6, 6.07) is 8.00. The number of nitrogens with one attached hydrogen (secondary N) is 2. The predicted octanol–water partition coefficient (Wildman–Crippen LogP) is 2.05. The Labute approximate surface area is 151 Å². The van der Waals surface area contributed by atoms with Crippen LogP contribution < -0.4 is 15.4 Å². The zero-order valence-corrected chi connectivity index (χ0v) is 16.0. The number of guanidine groups is 1. The molecule has 0 radical (unpaired) electrons. The number of amides is 1. The molecule has 0 atom stereocenters. The van der Waals surface area contributed by atoms with E-state index < -0.39 is 0 Å². The standard InChI is InChI=1S/C19H32N4O2/c1-5-20-19(22-15-13-18(24)23(6-2)7-3)21-14-12-16-10-8-9-11-17(16)25-4/h8-11H,5-7,12-15H2,1-4H3,(H2,20,21,22). The molecular formula is C19H32N4O2. The van der Waals surface area contributed by atoms with Gasteiger partial charge in [-0.3, -0.25) is 9.79 Å². The van der Waals surface area contributed by atoms with Gasteiger partial charge in [-0.25, -0.2) is 0 Å². The van der Waals surface area contributed by atoms with Gasteiger partial charge in [0.1, 0.15) is 5.75 Å². The molecule has 1 aromatic rings. The van der Waals surface area contributed by atoms with Gasteiger partial charge in [-0.15, -0.1) is 0 Å². The van der Waals surface area contributed by atoms with E-state index in [-0.39, 0.29) is 5.91 Å². The van der Waals surface area contributed by atoms with Crippen LogP contribution in [0.25, 0.3) is 0 Å². The number of rotatable bonds is 10. The number of hydrogen-bond donors (Lipinski definition) is 2. The van der Waals surface area contributed by atoms with Crippen molar-refractivity contribution in [2.24, 2.45) is 4.99 Å². The molecule has 1 rings (SSSR count). The Morgan fingerprint density at radius 2 is 1.88 bits per heavy atom. The van der Waals surface area contributed by atoms with Gasteiger partial charge in [-0.1, -0.05) is 18.2 Å². The molecule has 6 nitrogen and oxygen atoms in total. The Kier molecular flexibility index (Phi) is 10.1. The van der Waals surface area contributed by atoms with Gasteiger partial charge in [0.2, 0.25) is 5.91 Å². The molecule has 0 saturated carbocycles. The third-order valence-corrected chi connectivity index (χ3v) is 3.94. The van der Waals surface area contributed by atoms with E-state index in [2.05, 4.69) is 21.7 Å². The lowest BCUT2D eigenvalue weighted by molar-refractivity contribution is -0.130. The molecule has 140 valence electrons. The van der Waals surface area contributed by atoms with Crippen molar-refractivity contribution in [3.63, 3.8) is 0 Å². The van der Waals surface area contributed by atoms with Crippen LogP contribution in [0.1, 0.15) is 32.8 Å². The zero-order valence-electron chi connectivity index (χ0n) is 16.0. The Balaban J connectivity index is 2.49. The first kappa shape index (κ1) is 20.8. The SMILES string of the molecule is CCNC(=NCCC(=O)N(CC)CC)NCCc1ccccc1OC. The fraction of sp³-hybridized carbons (Fsp3) is 0.579. The summed E-state index contributed by atoms with van der Waals surface area (Å²) >= 11 is 0. The highest BCUT2D eigenvalue weighted by molar-refractivity contribution is 5.80. The highest BCUT2D eigenvalue weighted by atomic mass is 16.5. The largest absolute Gasteiger partial charge is 0.496 e. The molecule has 0 aliphatic rings. The molecule has 0 aliphatic heterocycles. The van der Waals surface area contributed by atoms with Crippen LogP contribution >= 0.6 is 0 Å². The van der Waals surface area contributed by atoms with Crippen molar-refractivity contribution in [2.45, 2.75) is 33.6 Å². The van der Waals surface area contributed by atoms with Crippen LogP contribution in [0.15, 0.2) is 29.3 Å². The molecule has 1 amide bonds. The van der Waals surface area contributed by atoms with E-state index in [9.17, 15) is 4.79 Å². The van der Waals surface area contributed by atoms with Gasteiger partial charge >= 0.3 is 0 Å². The average molecular weight is 348 g/mol. The number of carbonyl (C=O) groups excluding carboxylic acids is 1. The van der Waals surface area contributed by atoms with Crippen LogP contribution in [0.4, 0.5) is 0 Å². The number of carbonyl (C=O) groups is 1. The van der Waals surface area contributed by atoms with Gasteiger partial charge in [-0.2, -0.15) is 0 Å². The minimum Gasteiger partial charge on any atom is -0.496 e. The van der Waals surface area contributed by atoms with Gasteiger partial charge < -0.3 is 20.3 Å². The molecule has 1 aromatic carbocycles. The van der Waals surface area contributed by atoms with Gasteiger partial charge in [-0.05, 0) is 38.8 Å². The van der Waals surface area contributed by atoms with E-state index in [1.165, 1.54) is 0 Å². The van der Waals surface area contributed by atoms with Crippen LogP contribution in [0, 0.1) is 0 Å². The molecule has 0 saturated heterocycles. The Morgan fingerprint density at radius 3 is 2.52 bits per heavy atom. The fourth-order valence-corrected chi connectivity index (χ4v) is 2.56. The second-order valence-corrected chi connectivity index (χ2v) is 5.57. The second kappa shape index (κ2) is 12.2. The molecule has 0 fully saturated rings. The first-order chi connectivity index (χ1) is 12.2. The van der Waals surface area contributed by atoms with Gasteiger partial charge in [0.05, 0.1) is 13.7 Å². The van der Waals surface area contributed by atoms with E-state index in [1.54, 1.807) is 7.11 Å².